The number of halogens is 3. The second-order valence-electron chi connectivity index (χ2n) is 8.24. The molecule has 4 rings (SSSR count). The van der Waals surface area contributed by atoms with Crippen molar-refractivity contribution in [2.24, 2.45) is 0 Å². The molecule has 0 radical (unpaired) electrons. The molecular formula is C26H26F3N5O2. The molecule has 2 N–H and O–H groups in total. The van der Waals surface area contributed by atoms with Crippen LogP contribution in [-0.4, -0.2) is 38.3 Å². The predicted molar refractivity (Wildman–Crippen MR) is 135 cm³/mol. The molecule has 0 unspecified atom stereocenters. The molecule has 188 valence electrons. The molecule has 0 atom stereocenters. The van der Waals surface area contributed by atoms with Crippen molar-refractivity contribution in [3.63, 3.8) is 0 Å². The van der Waals surface area contributed by atoms with E-state index < -0.39 is 11.7 Å². The van der Waals surface area contributed by atoms with E-state index in [2.05, 4.69) is 20.6 Å². The summed E-state index contributed by atoms with van der Waals surface area (Å²) in [6.07, 6.45) is -4.42. The number of nitrogens with zero attached hydrogens (tertiary/aromatic N) is 3. The molecule has 1 heterocycles. The highest BCUT2D eigenvalue weighted by Gasteiger charge is 2.30. The number of anilines is 4. The number of aromatic nitrogens is 2. The van der Waals surface area contributed by atoms with Crippen molar-refractivity contribution in [2.45, 2.75) is 12.7 Å². The maximum atomic E-state index is 13.2. The van der Waals surface area contributed by atoms with Gasteiger partial charge in [0.05, 0.1) is 25.3 Å². The number of methoxy groups -OCH3 is 2. The third kappa shape index (κ3) is 5.54. The zero-order valence-electron chi connectivity index (χ0n) is 20.3. The lowest BCUT2D eigenvalue weighted by atomic mass is 10.1. The Labute approximate surface area is 206 Å². The van der Waals surface area contributed by atoms with Gasteiger partial charge in [0.1, 0.15) is 5.82 Å². The van der Waals surface area contributed by atoms with E-state index in [1.807, 2.05) is 43.3 Å². The van der Waals surface area contributed by atoms with Gasteiger partial charge in [-0.25, -0.2) is 4.98 Å². The van der Waals surface area contributed by atoms with Gasteiger partial charge in [0.15, 0.2) is 11.5 Å². The smallest absolute Gasteiger partial charge is 0.416 e. The van der Waals surface area contributed by atoms with E-state index in [4.69, 9.17) is 9.47 Å². The lowest BCUT2D eigenvalue weighted by molar-refractivity contribution is -0.137. The van der Waals surface area contributed by atoms with Gasteiger partial charge in [-0.3, -0.25) is 0 Å². The molecule has 0 fully saturated rings. The highest BCUT2D eigenvalue weighted by molar-refractivity contribution is 5.93. The first kappa shape index (κ1) is 24.9. The van der Waals surface area contributed by atoms with E-state index in [-0.39, 0.29) is 6.54 Å². The molecule has 0 aliphatic carbocycles. The molecule has 0 spiro atoms. The third-order valence-electron chi connectivity index (χ3n) is 5.53. The summed E-state index contributed by atoms with van der Waals surface area (Å²) in [6, 6.07) is 16.4. The maximum Gasteiger partial charge on any atom is 0.416 e. The zero-order valence-corrected chi connectivity index (χ0v) is 20.3. The van der Waals surface area contributed by atoms with E-state index in [0.717, 1.165) is 23.5 Å². The average Bonchev–Trinajstić information content (AvgIpc) is 2.86. The van der Waals surface area contributed by atoms with E-state index in [0.29, 0.717) is 39.7 Å². The van der Waals surface area contributed by atoms with Crippen molar-refractivity contribution in [1.29, 1.82) is 0 Å². The summed E-state index contributed by atoms with van der Waals surface area (Å²) in [5.74, 6) is 1.73. The second-order valence-corrected chi connectivity index (χ2v) is 8.24. The molecule has 3 aromatic carbocycles. The largest absolute Gasteiger partial charge is 0.493 e. The van der Waals surface area contributed by atoms with Gasteiger partial charge >= 0.3 is 6.18 Å². The summed E-state index contributed by atoms with van der Waals surface area (Å²) in [7, 11) is 6.94. The number of hydrogen-bond acceptors (Lipinski definition) is 7. The first-order valence-electron chi connectivity index (χ1n) is 11.1. The summed E-state index contributed by atoms with van der Waals surface area (Å²) < 4.78 is 50.3. The van der Waals surface area contributed by atoms with Crippen molar-refractivity contribution in [1.82, 2.24) is 9.97 Å². The summed E-state index contributed by atoms with van der Waals surface area (Å²) >= 11 is 0. The number of nitrogens with one attached hydrogen (secondary N) is 2. The lowest BCUT2D eigenvalue weighted by Gasteiger charge is -2.16. The fraction of sp³-hybridized carbons (Fsp3) is 0.231. The molecule has 0 amide bonds. The van der Waals surface area contributed by atoms with E-state index in [1.54, 1.807) is 18.2 Å². The van der Waals surface area contributed by atoms with Gasteiger partial charge in [0.25, 0.3) is 0 Å². The number of ether oxygens (including phenoxy) is 2. The molecule has 0 bridgehead atoms. The molecule has 7 nitrogen and oxygen atoms in total. The highest BCUT2D eigenvalue weighted by Crippen LogP contribution is 2.35. The predicted octanol–water partition coefficient (Wildman–Crippen LogP) is 6.09. The Balaban J connectivity index is 1.73. The fourth-order valence-corrected chi connectivity index (χ4v) is 3.68. The first-order valence-corrected chi connectivity index (χ1v) is 11.1. The van der Waals surface area contributed by atoms with Crippen LogP contribution in [0.1, 0.15) is 11.1 Å². The third-order valence-corrected chi connectivity index (χ3v) is 5.53. The van der Waals surface area contributed by atoms with Crippen molar-refractivity contribution in [3.8, 4) is 11.5 Å². The van der Waals surface area contributed by atoms with Crippen molar-refractivity contribution < 1.29 is 22.6 Å². The highest BCUT2D eigenvalue weighted by atomic mass is 19.4. The number of alkyl halides is 3. The van der Waals surface area contributed by atoms with Gasteiger partial charge in [0, 0.05) is 43.5 Å². The molecule has 4 aromatic rings. The Morgan fingerprint density at radius 3 is 2.31 bits per heavy atom. The van der Waals surface area contributed by atoms with Gasteiger partial charge in [-0.1, -0.05) is 18.2 Å². The van der Waals surface area contributed by atoms with Crippen molar-refractivity contribution in [2.75, 3.05) is 43.8 Å². The first-order chi connectivity index (χ1) is 17.2. The van der Waals surface area contributed by atoms with Gasteiger partial charge in [-0.05, 0) is 42.0 Å². The summed E-state index contributed by atoms with van der Waals surface area (Å²) in [6.45, 7) is 0.125. The van der Waals surface area contributed by atoms with Crippen LogP contribution < -0.4 is 25.0 Å². The SMILES string of the molecule is COc1cc2nc(Nc3cccc(N(C)C)c3)nc(NCc3cccc(C(F)(F)F)c3)c2cc1OC. The van der Waals surface area contributed by atoms with Gasteiger partial charge < -0.3 is 25.0 Å². The van der Waals surface area contributed by atoms with Gasteiger partial charge in [-0.15, -0.1) is 0 Å². The standard InChI is InChI=1S/C26H26F3N5O2/c1-34(2)19-10-6-9-18(12-19)31-25-32-21-14-23(36-4)22(35-3)13-20(21)24(33-25)30-15-16-7-5-8-17(11-16)26(27,28)29/h5-14H,15H2,1-4H3,(H2,30,31,32,33). The molecular weight excluding hydrogens is 471 g/mol. The molecule has 1 aromatic heterocycles. The van der Waals surface area contributed by atoms with E-state index in [1.165, 1.54) is 20.3 Å². The Morgan fingerprint density at radius 1 is 0.889 bits per heavy atom. The Hall–Kier alpha value is -4.21. The van der Waals surface area contributed by atoms with E-state index in [9.17, 15) is 13.2 Å². The average molecular weight is 498 g/mol. The molecule has 0 saturated heterocycles. The van der Waals surface area contributed by atoms with Crippen molar-refractivity contribution >= 4 is 34.0 Å². The van der Waals surface area contributed by atoms with Crippen LogP contribution in [0, 0.1) is 0 Å². The molecule has 0 aliphatic rings. The van der Waals surface area contributed by atoms with E-state index >= 15 is 0 Å². The maximum absolute atomic E-state index is 13.2. The van der Waals surface area contributed by atoms with Gasteiger partial charge in [0.2, 0.25) is 5.95 Å². The number of benzene rings is 3. The van der Waals surface area contributed by atoms with Crippen LogP contribution in [0.3, 0.4) is 0 Å². The van der Waals surface area contributed by atoms with Crippen LogP contribution >= 0.6 is 0 Å². The lowest BCUT2D eigenvalue weighted by Crippen LogP contribution is -2.09. The minimum atomic E-state index is -4.42. The van der Waals surface area contributed by atoms with Crippen molar-refractivity contribution in [3.05, 3.63) is 71.8 Å². The minimum absolute atomic E-state index is 0.125. The Kier molecular flexibility index (Phi) is 7.05. The van der Waals surface area contributed by atoms with Crippen LogP contribution in [0.5, 0.6) is 11.5 Å². The zero-order chi connectivity index (χ0) is 25.9. The summed E-state index contributed by atoms with van der Waals surface area (Å²) in [4.78, 5) is 11.2. The Bertz CT molecular complexity index is 1380. The topological polar surface area (TPSA) is 71.5 Å². The molecule has 0 aliphatic heterocycles. The quantitative estimate of drug-likeness (QED) is 0.305. The monoisotopic (exact) mass is 497 g/mol. The normalized spacial score (nSPS) is 11.3. The number of rotatable bonds is 8. The van der Waals surface area contributed by atoms with Crippen LogP contribution in [-0.2, 0) is 12.7 Å². The second kappa shape index (κ2) is 10.2. The minimum Gasteiger partial charge on any atom is -0.493 e. The molecule has 36 heavy (non-hydrogen) atoms. The Morgan fingerprint density at radius 2 is 1.61 bits per heavy atom. The van der Waals surface area contributed by atoms with Crippen LogP contribution in [0.4, 0.5) is 36.3 Å². The summed E-state index contributed by atoms with van der Waals surface area (Å²) in [5, 5.41) is 7.01. The fourth-order valence-electron chi connectivity index (χ4n) is 3.68. The van der Waals surface area contributed by atoms with Crippen LogP contribution in [0.25, 0.3) is 10.9 Å². The van der Waals surface area contributed by atoms with Crippen LogP contribution in [0.2, 0.25) is 0 Å². The number of fused-ring (bicyclic) bond motifs is 1. The number of hydrogen-bond donors (Lipinski definition) is 2. The van der Waals surface area contributed by atoms with Crippen LogP contribution in [0.15, 0.2) is 60.7 Å². The van der Waals surface area contributed by atoms with Gasteiger partial charge in [-0.2, -0.15) is 18.2 Å². The molecule has 0 saturated carbocycles. The molecule has 10 heteroatoms. The summed E-state index contributed by atoms with van der Waals surface area (Å²) in [5.41, 5.74) is 2.11.